The predicted molar refractivity (Wildman–Crippen MR) is 106 cm³/mol. The molecule has 1 aromatic rings. The Morgan fingerprint density at radius 3 is 2.56 bits per heavy atom. The number of hydrogen-bond donors (Lipinski definition) is 1. The van der Waals surface area contributed by atoms with Gasteiger partial charge in [0.15, 0.2) is 6.61 Å². The number of nitrogens with zero attached hydrogens (tertiary/aromatic N) is 1. The van der Waals surface area contributed by atoms with Crippen LogP contribution in [0.15, 0.2) is 24.3 Å². The Morgan fingerprint density at radius 2 is 1.85 bits per heavy atom. The van der Waals surface area contributed by atoms with Gasteiger partial charge in [-0.25, -0.2) is 0 Å². The van der Waals surface area contributed by atoms with E-state index < -0.39 is 0 Å². The fourth-order valence-electron chi connectivity index (χ4n) is 4.05. The highest BCUT2D eigenvalue weighted by atomic mass is 16.5. The molecule has 1 heterocycles. The summed E-state index contributed by atoms with van der Waals surface area (Å²) in [7, 11) is 0. The number of carbonyl (C=O) groups is 2. The molecule has 5 nitrogen and oxygen atoms in total. The van der Waals surface area contributed by atoms with E-state index in [1.54, 1.807) is 0 Å². The lowest BCUT2D eigenvalue weighted by atomic mass is 9.88. The van der Waals surface area contributed by atoms with Crippen molar-refractivity contribution in [3.63, 3.8) is 0 Å². The van der Waals surface area contributed by atoms with Gasteiger partial charge in [0.2, 0.25) is 5.91 Å². The molecule has 5 heteroatoms. The van der Waals surface area contributed by atoms with Gasteiger partial charge in [-0.05, 0) is 49.8 Å². The molecule has 1 saturated heterocycles. The Morgan fingerprint density at radius 1 is 1.11 bits per heavy atom. The Hall–Kier alpha value is -2.04. The van der Waals surface area contributed by atoms with Crippen LogP contribution in [0.5, 0.6) is 5.75 Å². The molecule has 0 unspecified atom stereocenters. The summed E-state index contributed by atoms with van der Waals surface area (Å²) in [6.07, 6.45) is 8.27. The first-order chi connectivity index (χ1) is 13.2. The number of carbonyl (C=O) groups excluding carboxylic acids is 2. The standard InChI is InChI=1S/C22H32N2O3/c1-2-17-7-6-10-20(15-17)27-16-21(25)24-13-11-19(12-14-24)23-22(26)18-8-4-3-5-9-18/h6-7,10,15,18-19H,2-5,8-9,11-14,16H2,1H3,(H,23,26). The minimum atomic E-state index is 0.0222. The third-order valence-corrected chi connectivity index (χ3v) is 5.84. The molecule has 0 aromatic heterocycles. The molecule has 2 fully saturated rings. The number of amides is 2. The second kappa shape index (κ2) is 9.77. The van der Waals surface area contributed by atoms with Crippen LogP contribution >= 0.6 is 0 Å². The van der Waals surface area contributed by atoms with Crippen molar-refractivity contribution in [3.05, 3.63) is 29.8 Å². The smallest absolute Gasteiger partial charge is 0.260 e. The van der Waals surface area contributed by atoms with Crippen LogP contribution in [0.3, 0.4) is 0 Å². The molecule has 0 spiro atoms. The average Bonchev–Trinajstić information content (AvgIpc) is 2.73. The molecule has 148 valence electrons. The van der Waals surface area contributed by atoms with Crippen molar-refractivity contribution in [3.8, 4) is 5.75 Å². The molecule has 1 aliphatic heterocycles. The second-order valence-electron chi connectivity index (χ2n) is 7.79. The largest absolute Gasteiger partial charge is 0.484 e. The first-order valence-electron chi connectivity index (χ1n) is 10.5. The first kappa shape index (κ1) is 19.7. The van der Waals surface area contributed by atoms with Crippen LogP contribution in [0.4, 0.5) is 0 Å². The van der Waals surface area contributed by atoms with Gasteiger partial charge >= 0.3 is 0 Å². The number of ether oxygens (including phenoxy) is 1. The summed E-state index contributed by atoms with van der Waals surface area (Å²) in [5.41, 5.74) is 1.20. The summed E-state index contributed by atoms with van der Waals surface area (Å²) in [4.78, 5) is 26.7. The van der Waals surface area contributed by atoms with Crippen molar-refractivity contribution in [1.82, 2.24) is 10.2 Å². The number of benzene rings is 1. The highest BCUT2D eigenvalue weighted by Crippen LogP contribution is 2.24. The van der Waals surface area contributed by atoms with Gasteiger partial charge in [-0.15, -0.1) is 0 Å². The lowest BCUT2D eigenvalue weighted by molar-refractivity contribution is -0.134. The summed E-state index contributed by atoms with van der Waals surface area (Å²) < 4.78 is 5.67. The maximum Gasteiger partial charge on any atom is 0.260 e. The molecule has 3 rings (SSSR count). The van der Waals surface area contributed by atoms with Gasteiger partial charge < -0.3 is 15.0 Å². The predicted octanol–water partition coefficient (Wildman–Crippen LogP) is 3.32. The average molecular weight is 373 g/mol. The van der Waals surface area contributed by atoms with E-state index in [9.17, 15) is 9.59 Å². The normalized spacial score (nSPS) is 18.9. The molecular formula is C22H32N2O3. The van der Waals surface area contributed by atoms with Crippen LogP contribution in [-0.4, -0.2) is 42.5 Å². The van der Waals surface area contributed by atoms with Crippen molar-refractivity contribution < 1.29 is 14.3 Å². The molecule has 0 atom stereocenters. The van der Waals surface area contributed by atoms with E-state index in [1.807, 2.05) is 23.1 Å². The first-order valence-corrected chi connectivity index (χ1v) is 10.5. The topological polar surface area (TPSA) is 58.6 Å². The maximum atomic E-state index is 12.4. The molecule has 27 heavy (non-hydrogen) atoms. The van der Waals surface area contributed by atoms with Gasteiger partial charge in [-0.3, -0.25) is 9.59 Å². The Bertz CT molecular complexity index is 632. The van der Waals surface area contributed by atoms with Crippen LogP contribution in [0.25, 0.3) is 0 Å². The zero-order valence-corrected chi connectivity index (χ0v) is 16.4. The zero-order chi connectivity index (χ0) is 19.1. The third kappa shape index (κ3) is 5.72. The van der Waals surface area contributed by atoms with Gasteiger partial charge in [-0.2, -0.15) is 0 Å². The maximum absolute atomic E-state index is 12.4. The fourth-order valence-corrected chi connectivity index (χ4v) is 4.05. The molecule has 2 amide bonds. The zero-order valence-electron chi connectivity index (χ0n) is 16.4. The lowest BCUT2D eigenvalue weighted by Crippen LogP contribution is -2.48. The van der Waals surface area contributed by atoms with E-state index >= 15 is 0 Å². The number of hydrogen-bond acceptors (Lipinski definition) is 3. The molecule has 2 aliphatic rings. The number of piperidine rings is 1. The Kier molecular flexibility index (Phi) is 7.13. The minimum absolute atomic E-state index is 0.0222. The molecule has 0 bridgehead atoms. The highest BCUT2D eigenvalue weighted by Gasteiger charge is 2.27. The van der Waals surface area contributed by atoms with Crippen LogP contribution in [0, 0.1) is 5.92 Å². The Balaban J connectivity index is 1.39. The van der Waals surface area contributed by atoms with E-state index in [0.717, 1.165) is 37.9 Å². The number of aryl methyl sites for hydroxylation is 1. The van der Waals surface area contributed by atoms with Crippen molar-refractivity contribution in [2.75, 3.05) is 19.7 Å². The van der Waals surface area contributed by atoms with Gasteiger partial charge in [-0.1, -0.05) is 38.3 Å². The lowest BCUT2D eigenvalue weighted by Gasteiger charge is -2.33. The second-order valence-corrected chi connectivity index (χ2v) is 7.79. The van der Waals surface area contributed by atoms with Gasteiger partial charge in [0, 0.05) is 25.0 Å². The van der Waals surface area contributed by atoms with Crippen LogP contribution in [-0.2, 0) is 16.0 Å². The molecule has 1 N–H and O–H groups in total. The van der Waals surface area contributed by atoms with E-state index in [1.165, 1.54) is 24.8 Å². The van der Waals surface area contributed by atoms with E-state index in [-0.39, 0.29) is 30.4 Å². The summed E-state index contributed by atoms with van der Waals surface area (Å²) in [6, 6.07) is 8.09. The number of likely N-dealkylation sites (tertiary alicyclic amines) is 1. The van der Waals surface area contributed by atoms with E-state index in [4.69, 9.17) is 4.74 Å². The van der Waals surface area contributed by atoms with Gasteiger partial charge in [0.1, 0.15) is 5.75 Å². The molecular weight excluding hydrogens is 340 g/mol. The summed E-state index contributed by atoms with van der Waals surface area (Å²) in [6.45, 7) is 3.55. The number of rotatable bonds is 6. The van der Waals surface area contributed by atoms with Crippen molar-refractivity contribution >= 4 is 11.8 Å². The van der Waals surface area contributed by atoms with Crippen LogP contribution in [0.1, 0.15) is 57.4 Å². The molecule has 1 aliphatic carbocycles. The van der Waals surface area contributed by atoms with Crippen molar-refractivity contribution in [2.24, 2.45) is 5.92 Å². The molecule has 1 saturated carbocycles. The van der Waals surface area contributed by atoms with Gasteiger partial charge in [0.25, 0.3) is 5.91 Å². The SMILES string of the molecule is CCc1cccc(OCC(=O)N2CCC(NC(=O)C3CCCCC3)CC2)c1. The van der Waals surface area contributed by atoms with Crippen LogP contribution in [0.2, 0.25) is 0 Å². The van der Waals surface area contributed by atoms with E-state index in [2.05, 4.69) is 18.3 Å². The van der Waals surface area contributed by atoms with Crippen molar-refractivity contribution in [1.29, 1.82) is 0 Å². The Labute approximate surface area is 162 Å². The third-order valence-electron chi connectivity index (χ3n) is 5.84. The van der Waals surface area contributed by atoms with Crippen LogP contribution < -0.4 is 10.1 Å². The number of nitrogens with one attached hydrogen (secondary N) is 1. The molecule has 0 radical (unpaired) electrons. The van der Waals surface area contributed by atoms with E-state index in [0.29, 0.717) is 13.1 Å². The highest BCUT2D eigenvalue weighted by molar-refractivity contribution is 5.79. The summed E-state index contributed by atoms with van der Waals surface area (Å²) >= 11 is 0. The minimum Gasteiger partial charge on any atom is -0.484 e. The quantitative estimate of drug-likeness (QED) is 0.833. The summed E-state index contributed by atoms with van der Waals surface area (Å²) in [5.74, 6) is 1.19. The van der Waals surface area contributed by atoms with Crippen molar-refractivity contribution in [2.45, 2.75) is 64.3 Å². The van der Waals surface area contributed by atoms with Gasteiger partial charge in [0.05, 0.1) is 0 Å². The fraction of sp³-hybridized carbons (Fsp3) is 0.636. The molecule has 1 aromatic carbocycles. The summed E-state index contributed by atoms with van der Waals surface area (Å²) in [5, 5.41) is 3.21. The monoisotopic (exact) mass is 372 g/mol.